The minimum Gasteiger partial charge on any atom is -0.466 e. The number of carbonyl (C=O) groups excluding carboxylic acids is 1. The SMILES string of the molecule is CC[C@@]12C[C@H]3C[C@@]4(CN5CC[C@]67C(=C(C(=O)OC)C[C@@]8(CCO[C@@H]48)[C@H]56)Nc4ccccc47)CN4c5ccccc5[C@@]5(CCN(C[C@H](O)[C@H]1O)[C@@H]25)[C@]34O. The standard InChI is InChI=1S/C42H50N4O6/c1-3-38-19-24-18-37(23-46-29-11-7-5-9-27(29)41(42(24,46)50)13-16-44(35(38)41)21-30(47)32(38)48)22-45-15-12-40-26-8-4-6-10-28(26)43-31(40)25(33(49)51-2)20-39(34(40)45)14-17-52-36(37)39/h4-11,24,30,32,34-36,43,47-48,50H,3,12-23H2,1-2H3/t24-,30+,32-,34+,35+,36+,37-,38-,39+,40+,41-,42-/m1/s1. The van der Waals surface area contributed by atoms with Crippen LogP contribution in [0.25, 0.3) is 0 Å². The molecule has 0 radical (unpaired) electrons. The van der Waals surface area contributed by atoms with Gasteiger partial charge in [0.05, 0.1) is 41.8 Å². The maximum atomic E-state index is 13.9. The number of nitrogens with zero attached hydrogens (tertiary/aromatic N) is 3. The normalized spacial score (nSPS) is 48.8. The molecule has 274 valence electrons. The van der Waals surface area contributed by atoms with E-state index in [2.05, 4.69) is 75.5 Å². The van der Waals surface area contributed by atoms with Crippen molar-refractivity contribution >= 4 is 17.3 Å². The van der Waals surface area contributed by atoms with E-state index in [0.29, 0.717) is 32.5 Å². The zero-order valence-corrected chi connectivity index (χ0v) is 30.2. The summed E-state index contributed by atoms with van der Waals surface area (Å²) in [6.45, 7) is 6.52. The molecule has 0 bridgehead atoms. The predicted molar refractivity (Wildman–Crippen MR) is 192 cm³/mol. The van der Waals surface area contributed by atoms with E-state index in [9.17, 15) is 20.1 Å². The molecule has 2 aliphatic carbocycles. The number of hydrogen-bond donors (Lipinski definition) is 4. The molecule has 8 heterocycles. The predicted octanol–water partition coefficient (Wildman–Crippen LogP) is 3.11. The maximum absolute atomic E-state index is 13.9. The van der Waals surface area contributed by atoms with Gasteiger partial charge in [0, 0.05) is 77.6 Å². The van der Waals surface area contributed by atoms with Crippen molar-refractivity contribution in [2.24, 2.45) is 22.2 Å². The Kier molecular flexibility index (Phi) is 5.80. The highest BCUT2D eigenvalue weighted by Gasteiger charge is 2.83. The number of aliphatic hydroxyl groups is 3. The third kappa shape index (κ3) is 3.04. The van der Waals surface area contributed by atoms with E-state index >= 15 is 0 Å². The molecule has 0 amide bonds. The van der Waals surface area contributed by atoms with Gasteiger partial charge in [0.25, 0.3) is 0 Å². The maximum Gasteiger partial charge on any atom is 0.335 e. The Morgan fingerprint density at radius 1 is 0.981 bits per heavy atom. The van der Waals surface area contributed by atoms with Gasteiger partial charge in [-0.1, -0.05) is 43.3 Å². The number of rotatable bonds is 2. The number of aliphatic hydroxyl groups excluding tert-OH is 2. The summed E-state index contributed by atoms with van der Waals surface area (Å²) >= 11 is 0. The van der Waals surface area contributed by atoms with Gasteiger partial charge in [0.15, 0.2) is 5.72 Å². The molecule has 8 aliphatic heterocycles. The van der Waals surface area contributed by atoms with E-state index in [4.69, 9.17) is 9.47 Å². The quantitative estimate of drug-likeness (QED) is 0.348. The molecule has 7 fully saturated rings. The molecule has 10 nitrogen and oxygen atoms in total. The van der Waals surface area contributed by atoms with Gasteiger partial charge < -0.3 is 35.0 Å². The number of carbonyl (C=O) groups is 1. The van der Waals surface area contributed by atoms with Crippen molar-refractivity contribution in [3.8, 4) is 0 Å². The van der Waals surface area contributed by atoms with Gasteiger partial charge in [0.1, 0.15) is 0 Å². The molecule has 0 unspecified atom stereocenters. The van der Waals surface area contributed by atoms with Crippen LogP contribution in [0.3, 0.4) is 0 Å². The average molecular weight is 707 g/mol. The zero-order chi connectivity index (χ0) is 35.2. The van der Waals surface area contributed by atoms with Crippen molar-refractivity contribution < 1.29 is 29.6 Å². The van der Waals surface area contributed by atoms with Crippen LogP contribution in [0.1, 0.15) is 63.0 Å². The smallest absolute Gasteiger partial charge is 0.335 e. The number of benzene rings is 2. The van der Waals surface area contributed by atoms with Gasteiger partial charge in [-0.3, -0.25) is 9.80 Å². The Morgan fingerprint density at radius 2 is 1.77 bits per heavy atom. The molecule has 6 saturated heterocycles. The van der Waals surface area contributed by atoms with Crippen LogP contribution in [0.5, 0.6) is 0 Å². The second-order valence-corrected chi connectivity index (χ2v) is 18.5. The van der Waals surface area contributed by atoms with Gasteiger partial charge >= 0.3 is 5.97 Å². The average Bonchev–Trinajstić information content (AvgIpc) is 3.97. The molecular weight excluding hydrogens is 656 g/mol. The minimum atomic E-state index is -1.12. The monoisotopic (exact) mass is 706 g/mol. The number of nitrogens with one attached hydrogen (secondary N) is 1. The summed E-state index contributed by atoms with van der Waals surface area (Å²) in [5.74, 6) is -0.402. The lowest BCUT2D eigenvalue weighted by Gasteiger charge is -2.71. The highest BCUT2D eigenvalue weighted by Crippen LogP contribution is 2.76. The number of ether oxygens (including phenoxy) is 2. The van der Waals surface area contributed by atoms with Crippen molar-refractivity contribution in [1.29, 1.82) is 0 Å². The first-order chi connectivity index (χ1) is 25.1. The number of esters is 1. The number of fused-ring (bicyclic) bond motifs is 4. The first kappa shape index (κ1) is 31.4. The summed E-state index contributed by atoms with van der Waals surface area (Å²) in [4.78, 5) is 21.5. The Bertz CT molecular complexity index is 1990. The fourth-order valence-electron chi connectivity index (χ4n) is 16.2. The van der Waals surface area contributed by atoms with Gasteiger partial charge in [-0.05, 0) is 81.3 Å². The fraction of sp³-hybridized carbons (Fsp3) is 0.643. The molecule has 0 aromatic heterocycles. The molecule has 2 aromatic rings. The highest BCUT2D eigenvalue weighted by atomic mass is 16.5. The number of para-hydroxylation sites is 2. The van der Waals surface area contributed by atoms with Crippen LogP contribution >= 0.6 is 0 Å². The largest absolute Gasteiger partial charge is 0.466 e. The molecule has 4 spiro atoms. The molecule has 12 rings (SSSR count). The molecule has 10 heteroatoms. The van der Waals surface area contributed by atoms with Crippen LogP contribution in [-0.2, 0) is 25.1 Å². The van der Waals surface area contributed by atoms with E-state index in [0.717, 1.165) is 74.4 Å². The van der Waals surface area contributed by atoms with E-state index in [1.54, 1.807) is 0 Å². The van der Waals surface area contributed by atoms with Crippen LogP contribution in [0, 0.1) is 22.2 Å². The first-order valence-corrected chi connectivity index (χ1v) is 19.9. The summed E-state index contributed by atoms with van der Waals surface area (Å²) in [7, 11) is 1.50. The van der Waals surface area contributed by atoms with Crippen molar-refractivity contribution in [2.75, 3.05) is 56.7 Å². The number of anilines is 2. The number of piperidine rings is 3. The van der Waals surface area contributed by atoms with E-state index in [-0.39, 0.29) is 46.3 Å². The fourth-order valence-corrected chi connectivity index (χ4v) is 16.2. The summed E-state index contributed by atoms with van der Waals surface area (Å²) in [5, 5.41) is 41.1. The van der Waals surface area contributed by atoms with Crippen molar-refractivity contribution in [3.05, 3.63) is 70.9 Å². The summed E-state index contributed by atoms with van der Waals surface area (Å²) in [6.07, 6.45) is 3.54. The highest BCUT2D eigenvalue weighted by molar-refractivity contribution is 5.93. The molecule has 52 heavy (non-hydrogen) atoms. The van der Waals surface area contributed by atoms with Crippen molar-refractivity contribution in [1.82, 2.24) is 9.80 Å². The Balaban J connectivity index is 1.06. The van der Waals surface area contributed by atoms with Gasteiger partial charge in [0.2, 0.25) is 0 Å². The summed E-state index contributed by atoms with van der Waals surface area (Å²) in [6, 6.07) is 17.4. The minimum absolute atomic E-state index is 0.0625. The number of hydrogen-bond acceptors (Lipinski definition) is 10. The Hall–Kier alpha value is -2.99. The molecular formula is C42H50N4O6. The molecule has 12 atom stereocenters. The van der Waals surface area contributed by atoms with Gasteiger partial charge in [-0.15, -0.1) is 0 Å². The lowest BCUT2D eigenvalue weighted by molar-refractivity contribution is -0.254. The van der Waals surface area contributed by atoms with Crippen molar-refractivity contribution in [2.45, 2.75) is 98.8 Å². The molecule has 10 aliphatic rings. The third-order valence-electron chi connectivity index (χ3n) is 17.2. The zero-order valence-electron chi connectivity index (χ0n) is 30.2. The summed E-state index contributed by atoms with van der Waals surface area (Å²) in [5.41, 5.74) is 3.24. The van der Waals surface area contributed by atoms with Crippen molar-refractivity contribution in [3.63, 3.8) is 0 Å². The van der Waals surface area contributed by atoms with Gasteiger partial charge in [-0.2, -0.15) is 0 Å². The van der Waals surface area contributed by atoms with Crippen LogP contribution in [0.4, 0.5) is 11.4 Å². The van der Waals surface area contributed by atoms with Crippen LogP contribution in [-0.4, -0.2) is 114 Å². The van der Waals surface area contributed by atoms with E-state index in [1.165, 1.54) is 18.2 Å². The second kappa shape index (κ2) is 9.62. The lowest BCUT2D eigenvalue weighted by Crippen LogP contribution is -2.82. The second-order valence-electron chi connectivity index (χ2n) is 18.5. The van der Waals surface area contributed by atoms with Crippen LogP contribution in [0.2, 0.25) is 0 Å². The van der Waals surface area contributed by atoms with E-state index < -0.39 is 28.8 Å². The van der Waals surface area contributed by atoms with Gasteiger partial charge in [-0.25, -0.2) is 4.79 Å². The number of methoxy groups -OCH3 is 1. The Morgan fingerprint density at radius 3 is 2.60 bits per heavy atom. The molecule has 2 aromatic carbocycles. The lowest BCUT2D eigenvalue weighted by atomic mass is 9.43. The topological polar surface area (TPSA) is 118 Å². The van der Waals surface area contributed by atoms with E-state index in [1.807, 2.05) is 0 Å². The first-order valence-electron chi connectivity index (χ1n) is 19.9. The van der Waals surface area contributed by atoms with Crippen LogP contribution in [0.15, 0.2) is 59.8 Å². The molecule has 4 N–H and O–H groups in total. The summed E-state index contributed by atoms with van der Waals surface area (Å²) < 4.78 is 12.7. The third-order valence-corrected chi connectivity index (χ3v) is 17.2. The molecule has 1 saturated carbocycles. The van der Waals surface area contributed by atoms with Crippen LogP contribution < -0.4 is 10.2 Å². The Labute approximate surface area is 304 Å².